The smallest absolute Gasteiger partial charge is 0.141 e. The van der Waals surface area contributed by atoms with E-state index in [0.717, 1.165) is 22.2 Å². The van der Waals surface area contributed by atoms with Gasteiger partial charge in [0.25, 0.3) is 0 Å². The van der Waals surface area contributed by atoms with E-state index in [-0.39, 0.29) is 0 Å². The Morgan fingerprint density at radius 2 is 1.90 bits per heavy atom. The summed E-state index contributed by atoms with van der Waals surface area (Å²) in [5.74, 6) is 0.709. The van der Waals surface area contributed by atoms with Gasteiger partial charge in [-0.05, 0) is 35.9 Å². The Bertz CT molecular complexity index is 818. The first kappa shape index (κ1) is 12.9. The minimum atomic E-state index is 0.410. The van der Waals surface area contributed by atoms with Gasteiger partial charge >= 0.3 is 0 Å². The van der Waals surface area contributed by atoms with Crippen molar-refractivity contribution in [2.75, 3.05) is 11.1 Å². The summed E-state index contributed by atoms with van der Waals surface area (Å²) in [5.41, 5.74) is 9.22. The normalized spacial score (nSPS) is 10.2. The van der Waals surface area contributed by atoms with Crippen LogP contribution in [0.2, 0.25) is 0 Å². The lowest BCUT2D eigenvalue weighted by molar-refractivity contribution is 1.22. The summed E-state index contributed by atoms with van der Waals surface area (Å²) < 4.78 is 0. The van der Waals surface area contributed by atoms with Crippen molar-refractivity contribution in [3.8, 4) is 6.07 Å². The van der Waals surface area contributed by atoms with E-state index in [4.69, 9.17) is 11.0 Å². The molecule has 0 aliphatic heterocycles. The summed E-state index contributed by atoms with van der Waals surface area (Å²) in [6.07, 6.45) is 1.93. The quantitative estimate of drug-likeness (QED) is 0.717. The number of aromatic nitrogens is 2. The van der Waals surface area contributed by atoms with E-state index in [1.54, 1.807) is 0 Å². The Kier molecular flexibility index (Phi) is 3.36. The third-order valence-corrected chi connectivity index (χ3v) is 3.16. The van der Waals surface area contributed by atoms with Crippen LogP contribution in [0.5, 0.6) is 0 Å². The minimum Gasteiger partial charge on any atom is -0.399 e. The first-order valence-electron chi connectivity index (χ1n) is 6.49. The predicted octanol–water partition coefficient (Wildman–Crippen LogP) is 3.02. The van der Waals surface area contributed by atoms with Crippen LogP contribution in [0, 0.1) is 11.3 Å². The van der Waals surface area contributed by atoms with Crippen LogP contribution >= 0.6 is 0 Å². The Labute approximate surface area is 122 Å². The molecular formula is C16H13N5. The molecule has 3 N–H and O–H groups in total. The molecule has 1 heterocycles. The van der Waals surface area contributed by atoms with Gasteiger partial charge in [0.1, 0.15) is 12.1 Å². The highest BCUT2D eigenvalue weighted by molar-refractivity contribution is 5.92. The van der Waals surface area contributed by atoms with Gasteiger partial charge in [-0.25, -0.2) is 9.97 Å². The molecule has 0 unspecified atom stereocenters. The van der Waals surface area contributed by atoms with Crippen LogP contribution in [0.4, 0.5) is 17.2 Å². The molecule has 0 spiro atoms. The largest absolute Gasteiger partial charge is 0.399 e. The van der Waals surface area contributed by atoms with Gasteiger partial charge in [0.2, 0.25) is 0 Å². The highest BCUT2D eigenvalue weighted by atomic mass is 15.0. The first-order chi connectivity index (χ1) is 10.3. The van der Waals surface area contributed by atoms with Crippen molar-refractivity contribution in [2.45, 2.75) is 6.42 Å². The molecule has 0 aliphatic carbocycles. The molecule has 102 valence electrons. The number of nitrogen functional groups attached to an aromatic ring is 1. The maximum atomic E-state index is 8.67. The fraction of sp³-hybridized carbons (Fsp3) is 0.0625. The van der Waals surface area contributed by atoms with Crippen LogP contribution in [0.15, 0.2) is 48.8 Å². The summed E-state index contributed by atoms with van der Waals surface area (Å²) in [7, 11) is 0. The van der Waals surface area contributed by atoms with Crippen LogP contribution in [0.1, 0.15) is 5.56 Å². The number of anilines is 3. The van der Waals surface area contributed by atoms with Gasteiger partial charge in [0.05, 0.1) is 18.0 Å². The third-order valence-electron chi connectivity index (χ3n) is 3.16. The van der Waals surface area contributed by atoms with E-state index in [2.05, 4.69) is 21.4 Å². The molecule has 5 nitrogen and oxygen atoms in total. The molecule has 0 aliphatic rings. The molecular weight excluding hydrogens is 262 g/mol. The van der Waals surface area contributed by atoms with E-state index in [1.807, 2.05) is 42.5 Å². The number of hydrogen-bond acceptors (Lipinski definition) is 5. The Balaban J connectivity index is 1.94. The lowest BCUT2D eigenvalue weighted by Gasteiger charge is -2.09. The molecule has 1 aromatic heterocycles. The molecule has 2 aromatic carbocycles. The summed E-state index contributed by atoms with van der Waals surface area (Å²) in [5, 5.41) is 12.8. The molecule has 0 atom stereocenters. The standard InChI is InChI=1S/C16H13N5/c17-8-7-11-1-4-13(5-2-11)21-16-14-9-12(18)3-6-15(14)19-10-20-16/h1-6,9-10H,7,18H2,(H,19,20,21). The van der Waals surface area contributed by atoms with Gasteiger partial charge < -0.3 is 11.1 Å². The maximum absolute atomic E-state index is 8.67. The zero-order chi connectivity index (χ0) is 14.7. The zero-order valence-electron chi connectivity index (χ0n) is 11.2. The first-order valence-corrected chi connectivity index (χ1v) is 6.49. The molecule has 0 amide bonds. The van der Waals surface area contributed by atoms with Gasteiger partial charge in [-0.3, -0.25) is 0 Å². The van der Waals surface area contributed by atoms with Crippen LogP contribution in [-0.2, 0) is 6.42 Å². The van der Waals surface area contributed by atoms with Gasteiger partial charge in [-0.2, -0.15) is 5.26 Å². The van der Waals surface area contributed by atoms with Crippen molar-refractivity contribution >= 4 is 28.1 Å². The number of hydrogen-bond donors (Lipinski definition) is 2. The molecule has 0 radical (unpaired) electrons. The average molecular weight is 275 g/mol. The monoisotopic (exact) mass is 275 g/mol. The topological polar surface area (TPSA) is 87.6 Å². The van der Waals surface area contributed by atoms with Gasteiger partial charge in [-0.15, -0.1) is 0 Å². The minimum absolute atomic E-state index is 0.410. The van der Waals surface area contributed by atoms with Gasteiger partial charge in [-0.1, -0.05) is 12.1 Å². The second-order valence-electron chi connectivity index (χ2n) is 4.66. The number of benzene rings is 2. The van der Waals surface area contributed by atoms with E-state index in [1.165, 1.54) is 6.33 Å². The summed E-state index contributed by atoms with van der Waals surface area (Å²) in [6.45, 7) is 0. The highest BCUT2D eigenvalue weighted by Crippen LogP contribution is 2.24. The number of nitrogens with two attached hydrogens (primary N) is 1. The Hall–Kier alpha value is -3.13. The predicted molar refractivity (Wildman–Crippen MR) is 83.0 cm³/mol. The van der Waals surface area contributed by atoms with Crippen LogP contribution in [-0.4, -0.2) is 9.97 Å². The van der Waals surface area contributed by atoms with Crippen molar-refractivity contribution < 1.29 is 0 Å². The van der Waals surface area contributed by atoms with E-state index in [9.17, 15) is 0 Å². The Morgan fingerprint density at radius 3 is 2.67 bits per heavy atom. The van der Waals surface area contributed by atoms with E-state index >= 15 is 0 Å². The molecule has 21 heavy (non-hydrogen) atoms. The molecule has 0 fully saturated rings. The summed E-state index contributed by atoms with van der Waals surface area (Å²) in [4.78, 5) is 8.49. The van der Waals surface area contributed by atoms with Crippen molar-refractivity contribution in [1.82, 2.24) is 9.97 Å². The molecule has 5 heteroatoms. The summed E-state index contributed by atoms with van der Waals surface area (Å²) in [6, 6.07) is 15.3. The van der Waals surface area contributed by atoms with Gasteiger partial charge in [0.15, 0.2) is 0 Å². The van der Waals surface area contributed by atoms with Crippen LogP contribution in [0.25, 0.3) is 10.9 Å². The number of nitrogens with one attached hydrogen (secondary N) is 1. The molecule has 3 rings (SSSR count). The molecule has 0 saturated heterocycles. The SMILES string of the molecule is N#CCc1ccc(Nc2ncnc3ccc(N)cc23)cc1. The van der Waals surface area contributed by atoms with Crippen LogP contribution < -0.4 is 11.1 Å². The summed E-state index contributed by atoms with van der Waals surface area (Å²) >= 11 is 0. The van der Waals surface area contributed by atoms with Crippen LogP contribution in [0.3, 0.4) is 0 Å². The van der Waals surface area contributed by atoms with Crippen molar-refractivity contribution in [2.24, 2.45) is 0 Å². The maximum Gasteiger partial charge on any atom is 0.141 e. The number of rotatable bonds is 3. The fourth-order valence-electron chi connectivity index (χ4n) is 2.11. The highest BCUT2D eigenvalue weighted by Gasteiger charge is 2.04. The fourth-order valence-corrected chi connectivity index (χ4v) is 2.11. The number of nitriles is 1. The van der Waals surface area contributed by atoms with E-state index in [0.29, 0.717) is 17.9 Å². The van der Waals surface area contributed by atoms with E-state index < -0.39 is 0 Å². The third kappa shape index (κ3) is 2.74. The van der Waals surface area contributed by atoms with Gasteiger partial charge in [0, 0.05) is 16.8 Å². The molecule has 3 aromatic rings. The van der Waals surface area contributed by atoms with Crippen molar-refractivity contribution in [3.63, 3.8) is 0 Å². The second-order valence-corrected chi connectivity index (χ2v) is 4.66. The zero-order valence-corrected chi connectivity index (χ0v) is 11.2. The number of fused-ring (bicyclic) bond motifs is 1. The second kappa shape index (κ2) is 5.47. The van der Waals surface area contributed by atoms with Crippen molar-refractivity contribution in [3.05, 3.63) is 54.4 Å². The average Bonchev–Trinajstić information content (AvgIpc) is 2.50. The number of nitrogens with zero attached hydrogens (tertiary/aromatic N) is 3. The lowest BCUT2D eigenvalue weighted by Crippen LogP contribution is -1.97. The lowest BCUT2D eigenvalue weighted by atomic mass is 10.1. The van der Waals surface area contributed by atoms with Crippen molar-refractivity contribution in [1.29, 1.82) is 5.26 Å². The molecule has 0 saturated carbocycles. The Morgan fingerprint density at radius 1 is 1.10 bits per heavy atom. The molecule has 0 bridgehead atoms.